The second-order valence-electron chi connectivity index (χ2n) is 19.0. The highest BCUT2D eigenvalue weighted by Crippen LogP contribution is 2.30. The van der Waals surface area contributed by atoms with Crippen molar-refractivity contribution in [2.75, 3.05) is 19.8 Å². The largest absolute Gasteiger partial charge is 0.394 e. The van der Waals surface area contributed by atoms with Gasteiger partial charge in [-0.15, -0.1) is 0 Å². The molecule has 12 unspecified atom stereocenters. The number of aliphatic hydroxyl groups excluding tert-OH is 8. The fourth-order valence-corrected chi connectivity index (χ4v) is 8.62. The van der Waals surface area contributed by atoms with Crippen molar-refractivity contribution in [2.45, 2.75) is 261 Å². The van der Waals surface area contributed by atoms with E-state index in [1.54, 1.807) is 0 Å². The SMILES string of the molecule is CC/C=C\C/C=C\C/C=C\C/C=C\C/C=C\CCCCCCCCCCCCCCCCCC(=O)NC(COC1OC(CO)C(OC2OC(CO)C(O)C(O)C2O)C(O)C1O)C(O)CCCCCC. The predicted octanol–water partition coefficient (Wildman–Crippen LogP) is 7.83. The Hall–Kier alpha value is -2.31. The molecule has 0 radical (unpaired) electrons. The first-order valence-corrected chi connectivity index (χ1v) is 27.0. The van der Waals surface area contributed by atoms with E-state index in [1.165, 1.54) is 77.0 Å². The maximum absolute atomic E-state index is 13.1. The molecule has 2 fully saturated rings. The number of aliphatic hydroxyl groups is 8. The number of carbonyl (C=O) groups is 1. The Morgan fingerprint density at radius 3 is 1.52 bits per heavy atom. The van der Waals surface area contributed by atoms with Gasteiger partial charge in [-0.25, -0.2) is 0 Å². The lowest BCUT2D eigenvalue weighted by Crippen LogP contribution is -2.65. The van der Waals surface area contributed by atoms with Crippen molar-refractivity contribution < 1.29 is 64.6 Å². The van der Waals surface area contributed by atoms with E-state index < -0.39 is 86.8 Å². The van der Waals surface area contributed by atoms with E-state index in [2.05, 4.69) is 79.9 Å². The van der Waals surface area contributed by atoms with Gasteiger partial charge in [-0.3, -0.25) is 4.79 Å². The van der Waals surface area contributed by atoms with Crippen molar-refractivity contribution in [2.24, 2.45) is 0 Å². The van der Waals surface area contributed by atoms with Crippen LogP contribution in [0.5, 0.6) is 0 Å². The molecule has 0 aromatic carbocycles. The van der Waals surface area contributed by atoms with Crippen LogP contribution >= 0.6 is 0 Å². The van der Waals surface area contributed by atoms with Crippen LogP contribution in [0.15, 0.2) is 60.8 Å². The zero-order valence-electron chi connectivity index (χ0n) is 42.5. The summed E-state index contributed by atoms with van der Waals surface area (Å²) < 4.78 is 22.6. The highest BCUT2D eigenvalue weighted by molar-refractivity contribution is 5.76. The zero-order chi connectivity index (χ0) is 50.3. The summed E-state index contributed by atoms with van der Waals surface area (Å²) in [5.41, 5.74) is 0. The molecule has 0 spiro atoms. The number of nitrogens with one attached hydrogen (secondary N) is 1. The van der Waals surface area contributed by atoms with E-state index in [0.717, 1.165) is 83.5 Å². The lowest BCUT2D eigenvalue weighted by Gasteiger charge is -2.46. The fraction of sp³-hybridized carbons (Fsp3) is 0.800. The van der Waals surface area contributed by atoms with Crippen LogP contribution in [0.25, 0.3) is 0 Å². The number of carbonyl (C=O) groups excluding carboxylic acids is 1. The molecule has 2 rings (SSSR count). The first kappa shape index (κ1) is 62.8. The standard InChI is InChI=1S/C55H97NO13/c1-3-5-7-9-10-11-12-13-14-15-16-17-18-19-20-21-22-23-24-25-26-27-28-29-30-31-32-33-34-35-37-39-47(60)56-43(44(59)38-36-8-6-4-2)42-66-54-52(65)50(63)53(46(41-58)68-54)69-55-51(64)49(62)48(61)45(40-57)67-55/h5,7,10-11,13-14,16-17,19-20,43-46,48-55,57-59,61-65H,3-4,6,8-9,12,15,18,21-42H2,1-2H3,(H,56,60)/b7-5-,11-10-,14-13-,17-16-,20-19-. The molecule has 400 valence electrons. The smallest absolute Gasteiger partial charge is 0.220 e. The molecule has 0 saturated carbocycles. The van der Waals surface area contributed by atoms with E-state index in [0.29, 0.717) is 12.8 Å². The van der Waals surface area contributed by atoms with Crippen LogP contribution in [0.3, 0.4) is 0 Å². The minimum absolute atomic E-state index is 0.219. The molecule has 2 heterocycles. The number of rotatable bonds is 41. The van der Waals surface area contributed by atoms with Crippen molar-refractivity contribution in [1.82, 2.24) is 5.32 Å². The first-order valence-electron chi connectivity index (χ1n) is 27.0. The third-order valence-electron chi connectivity index (χ3n) is 13.0. The summed E-state index contributed by atoms with van der Waals surface area (Å²) in [6, 6.07) is -0.825. The average Bonchev–Trinajstić information content (AvgIpc) is 3.35. The van der Waals surface area contributed by atoms with Gasteiger partial charge < -0.3 is 65.1 Å². The van der Waals surface area contributed by atoms with Crippen LogP contribution in [-0.2, 0) is 23.7 Å². The summed E-state index contributed by atoms with van der Waals surface area (Å²) in [5, 5.41) is 86.3. The minimum atomic E-state index is -1.78. The molecule has 69 heavy (non-hydrogen) atoms. The topological polar surface area (TPSA) is 228 Å². The average molecular weight is 980 g/mol. The highest BCUT2D eigenvalue weighted by Gasteiger charge is 2.51. The van der Waals surface area contributed by atoms with Crippen molar-refractivity contribution in [1.29, 1.82) is 0 Å². The number of hydrogen-bond acceptors (Lipinski definition) is 13. The van der Waals surface area contributed by atoms with Crippen LogP contribution in [-0.4, -0.2) is 140 Å². The van der Waals surface area contributed by atoms with Gasteiger partial charge >= 0.3 is 0 Å². The van der Waals surface area contributed by atoms with Crippen molar-refractivity contribution in [3.8, 4) is 0 Å². The van der Waals surface area contributed by atoms with Gasteiger partial charge in [-0.2, -0.15) is 0 Å². The van der Waals surface area contributed by atoms with Crippen LogP contribution in [0, 0.1) is 0 Å². The summed E-state index contributed by atoms with van der Waals surface area (Å²) in [6.07, 6.45) is 34.7. The van der Waals surface area contributed by atoms with Crippen LogP contribution in [0.1, 0.15) is 187 Å². The molecule has 0 aromatic rings. The monoisotopic (exact) mass is 980 g/mol. The molecule has 1 amide bonds. The van der Waals surface area contributed by atoms with Crippen molar-refractivity contribution in [3.63, 3.8) is 0 Å². The normalized spacial score (nSPS) is 26.6. The third-order valence-corrected chi connectivity index (χ3v) is 13.0. The number of hydrogen-bond donors (Lipinski definition) is 9. The maximum Gasteiger partial charge on any atom is 0.220 e. The van der Waals surface area contributed by atoms with Gasteiger partial charge in [0, 0.05) is 6.42 Å². The van der Waals surface area contributed by atoms with Gasteiger partial charge in [-0.1, -0.05) is 184 Å². The second-order valence-corrected chi connectivity index (χ2v) is 19.0. The van der Waals surface area contributed by atoms with E-state index in [4.69, 9.17) is 18.9 Å². The van der Waals surface area contributed by atoms with E-state index >= 15 is 0 Å². The highest BCUT2D eigenvalue weighted by atomic mass is 16.7. The Balaban J connectivity index is 1.56. The molecule has 12 atom stereocenters. The lowest BCUT2D eigenvalue weighted by atomic mass is 9.97. The maximum atomic E-state index is 13.1. The molecule has 2 aliphatic rings. The molecule has 14 heteroatoms. The zero-order valence-corrected chi connectivity index (χ0v) is 42.5. The number of ether oxygens (including phenoxy) is 4. The lowest BCUT2D eigenvalue weighted by molar-refractivity contribution is -0.359. The van der Waals surface area contributed by atoms with Gasteiger partial charge in [0.1, 0.15) is 48.8 Å². The predicted molar refractivity (Wildman–Crippen MR) is 272 cm³/mol. The van der Waals surface area contributed by atoms with E-state index in [9.17, 15) is 45.6 Å². The summed E-state index contributed by atoms with van der Waals surface area (Å²) in [6.45, 7) is 2.59. The minimum Gasteiger partial charge on any atom is -0.394 e. The van der Waals surface area contributed by atoms with Crippen LogP contribution in [0.4, 0.5) is 0 Å². The molecule has 0 aliphatic carbocycles. The summed E-state index contributed by atoms with van der Waals surface area (Å²) in [5.74, 6) is -0.219. The molecule has 0 aromatic heterocycles. The van der Waals surface area contributed by atoms with Gasteiger partial charge in [0.05, 0.1) is 32.0 Å². The summed E-state index contributed by atoms with van der Waals surface area (Å²) in [7, 11) is 0. The van der Waals surface area contributed by atoms with Gasteiger partial charge in [0.25, 0.3) is 0 Å². The summed E-state index contributed by atoms with van der Waals surface area (Å²) >= 11 is 0. The Kier molecular flexibility index (Phi) is 37.5. The van der Waals surface area contributed by atoms with Crippen molar-refractivity contribution >= 4 is 5.91 Å². The van der Waals surface area contributed by atoms with Gasteiger partial charge in [0.15, 0.2) is 12.6 Å². The molecule has 2 saturated heterocycles. The Morgan fingerprint density at radius 1 is 0.536 bits per heavy atom. The van der Waals surface area contributed by atoms with Gasteiger partial charge in [-0.05, 0) is 57.8 Å². The number of amides is 1. The molecule has 14 nitrogen and oxygen atoms in total. The Morgan fingerprint density at radius 2 is 1.00 bits per heavy atom. The van der Waals surface area contributed by atoms with E-state index in [-0.39, 0.29) is 12.5 Å². The number of allylic oxidation sites excluding steroid dienone is 10. The quantitative estimate of drug-likeness (QED) is 0.0211. The molecule has 9 N–H and O–H groups in total. The first-order chi connectivity index (χ1) is 33.6. The van der Waals surface area contributed by atoms with Gasteiger partial charge in [0.2, 0.25) is 5.91 Å². The molecule has 0 bridgehead atoms. The van der Waals surface area contributed by atoms with E-state index in [1.807, 2.05) is 0 Å². The van der Waals surface area contributed by atoms with Crippen LogP contribution < -0.4 is 5.32 Å². The Bertz CT molecular complexity index is 1390. The number of unbranched alkanes of at least 4 members (excludes halogenated alkanes) is 18. The van der Waals surface area contributed by atoms with Crippen molar-refractivity contribution in [3.05, 3.63) is 60.8 Å². The molecular formula is C55H97NO13. The molecular weight excluding hydrogens is 883 g/mol. The molecule has 2 aliphatic heterocycles. The van der Waals surface area contributed by atoms with Crippen LogP contribution in [0.2, 0.25) is 0 Å². The fourth-order valence-electron chi connectivity index (χ4n) is 8.62. The second kappa shape index (κ2) is 41.2. The Labute approximate surface area is 416 Å². The third kappa shape index (κ3) is 27.9. The summed E-state index contributed by atoms with van der Waals surface area (Å²) in [4.78, 5) is 13.1.